The van der Waals surface area contributed by atoms with Gasteiger partial charge in [-0.05, 0) is 37.1 Å². The molecular weight excluding hydrogens is 309 g/mol. The predicted molar refractivity (Wildman–Crippen MR) is 85.3 cm³/mol. The van der Waals surface area contributed by atoms with Gasteiger partial charge in [0.25, 0.3) is 0 Å². The van der Waals surface area contributed by atoms with E-state index in [2.05, 4.69) is 15.6 Å². The first-order valence-electron chi connectivity index (χ1n) is 6.61. The van der Waals surface area contributed by atoms with Crippen LogP contribution in [0.4, 0.5) is 17.2 Å². The highest BCUT2D eigenvalue weighted by atomic mass is 35.5. The van der Waals surface area contributed by atoms with Crippen molar-refractivity contribution in [1.82, 2.24) is 4.98 Å². The SMILES string of the molecule is O=C(Nc1ccc(Nc2c(Cl)cccc2Cl)cn1)C1CC1. The summed E-state index contributed by atoms with van der Waals surface area (Å²) in [6, 6.07) is 8.86. The van der Waals surface area contributed by atoms with Crippen molar-refractivity contribution in [2.24, 2.45) is 5.92 Å². The number of halogens is 2. The van der Waals surface area contributed by atoms with Crippen LogP contribution in [0.15, 0.2) is 36.5 Å². The molecular formula is C15H13Cl2N3O. The number of rotatable bonds is 4. The van der Waals surface area contributed by atoms with Crippen LogP contribution in [0.5, 0.6) is 0 Å². The molecule has 0 radical (unpaired) electrons. The van der Waals surface area contributed by atoms with Crippen molar-refractivity contribution in [3.05, 3.63) is 46.6 Å². The molecule has 6 heteroatoms. The maximum Gasteiger partial charge on any atom is 0.228 e. The third-order valence-electron chi connectivity index (χ3n) is 3.19. The first-order chi connectivity index (χ1) is 10.1. The predicted octanol–water partition coefficient (Wildman–Crippen LogP) is 4.48. The second kappa shape index (κ2) is 5.92. The molecule has 0 atom stereocenters. The maximum absolute atomic E-state index is 11.6. The molecule has 2 N–H and O–H groups in total. The highest BCUT2D eigenvalue weighted by Gasteiger charge is 2.29. The van der Waals surface area contributed by atoms with Crippen molar-refractivity contribution in [3.8, 4) is 0 Å². The summed E-state index contributed by atoms with van der Waals surface area (Å²) < 4.78 is 0. The minimum Gasteiger partial charge on any atom is -0.352 e. The van der Waals surface area contributed by atoms with Gasteiger partial charge in [-0.2, -0.15) is 0 Å². The zero-order chi connectivity index (χ0) is 14.8. The van der Waals surface area contributed by atoms with Gasteiger partial charge in [-0.3, -0.25) is 4.79 Å². The van der Waals surface area contributed by atoms with E-state index in [1.807, 2.05) is 6.07 Å². The van der Waals surface area contributed by atoms with E-state index in [0.717, 1.165) is 18.5 Å². The Balaban J connectivity index is 1.70. The lowest BCUT2D eigenvalue weighted by atomic mass is 10.3. The molecule has 4 nitrogen and oxygen atoms in total. The molecule has 0 bridgehead atoms. The summed E-state index contributed by atoms with van der Waals surface area (Å²) in [5.74, 6) is 0.742. The number of anilines is 3. The average molecular weight is 322 g/mol. The number of aromatic nitrogens is 1. The van der Waals surface area contributed by atoms with Crippen LogP contribution in [0.2, 0.25) is 10.0 Å². The van der Waals surface area contributed by atoms with Crippen LogP contribution in [0, 0.1) is 5.92 Å². The zero-order valence-corrected chi connectivity index (χ0v) is 12.6. The molecule has 0 spiro atoms. The van der Waals surface area contributed by atoms with Crippen molar-refractivity contribution in [2.75, 3.05) is 10.6 Å². The second-order valence-electron chi connectivity index (χ2n) is 4.92. The Morgan fingerprint density at radius 3 is 2.43 bits per heavy atom. The molecule has 1 fully saturated rings. The van der Waals surface area contributed by atoms with Crippen LogP contribution in [-0.4, -0.2) is 10.9 Å². The average Bonchev–Trinajstić information content (AvgIpc) is 3.29. The Morgan fingerprint density at radius 1 is 1.14 bits per heavy atom. The maximum atomic E-state index is 11.6. The lowest BCUT2D eigenvalue weighted by Crippen LogP contribution is -2.14. The molecule has 108 valence electrons. The summed E-state index contributed by atoms with van der Waals surface area (Å²) >= 11 is 12.2. The van der Waals surface area contributed by atoms with Crippen LogP contribution in [0.1, 0.15) is 12.8 Å². The molecule has 2 aromatic rings. The van der Waals surface area contributed by atoms with E-state index in [0.29, 0.717) is 21.6 Å². The van der Waals surface area contributed by atoms with Crippen molar-refractivity contribution in [3.63, 3.8) is 0 Å². The van der Waals surface area contributed by atoms with Gasteiger partial charge >= 0.3 is 0 Å². The Labute approximate surface area is 132 Å². The minimum absolute atomic E-state index is 0.0392. The van der Waals surface area contributed by atoms with Crippen LogP contribution in [0.3, 0.4) is 0 Å². The van der Waals surface area contributed by atoms with Crippen molar-refractivity contribution in [1.29, 1.82) is 0 Å². The van der Waals surface area contributed by atoms with Gasteiger partial charge in [0.1, 0.15) is 5.82 Å². The number of amides is 1. The largest absolute Gasteiger partial charge is 0.352 e. The fourth-order valence-electron chi connectivity index (χ4n) is 1.88. The van der Waals surface area contributed by atoms with Gasteiger partial charge in [-0.1, -0.05) is 29.3 Å². The molecule has 21 heavy (non-hydrogen) atoms. The molecule has 1 heterocycles. The van der Waals surface area contributed by atoms with Gasteiger partial charge < -0.3 is 10.6 Å². The van der Waals surface area contributed by atoms with Gasteiger partial charge in [0.2, 0.25) is 5.91 Å². The molecule has 1 aliphatic carbocycles. The summed E-state index contributed by atoms with van der Waals surface area (Å²) in [5.41, 5.74) is 1.38. The van der Waals surface area contributed by atoms with E-state index >= 15 is 0 Å². The van der Waals surface area contributed by atoms with E-state index in [4.69, 9.17) is 23.2 Å². The van der Waals surface area contributed by atoms with Gasteiger partial charge in [-0.25, -0.2) is 4.98 Å². The highest BCUT2D eigenvalue weighted by molar-refractivity contribution is 6.39. The van der Waals surface area contributed by atoms with E-state index in [1.54, 1.807) is 30.5 Å². The number of carbonyl (C=O) groups excluding carboxylic acids is 1. The third kappa shape index (κ3) is 3.46. The topological polar surface area (TPSA) is 54.0 Å². The van der Waals surface area contributed by atoms with Gasteiger partial charge in [0.15, 0.2) is 0 Å². The number of nitrogens with zero attached hydrogens (tertiary/aromatic N) is 1. The molecule has 0 aliphatic heterocycles. The normalized spacial score (nSPS) is 13.8. The van der Waals surface area contributed by atoms with Gasteiger partial charge in [-0.15, -0.1) is 0 Å². The summed E-state index contributed by atoms with van der Waals surface area (Å²) in [5, 5.41) is 6.98. The molecule has 1 saturated carbocycles. The van der Waals surface area contributed by atoms with Crippen molar-refractivity contribution >= 4 is 46.3 Å². The Kier molecular flexibility index (Phi) is 3.99. The quantitative estimate of drug-likeness (QED) is 0.872. The lowest BCUT2D eigenvalue weighted by molar-refractivity contribution is -0.117. The summed E-state index contributed by atoms with van der Waals surface area (Å²) in [4.78, 5) is 15.8. The number of benzene rings is 1. The standard InChI is InChI=1S/C15H13Cl2N3O/c16-11-2-1-3-12(17)14(11)19-10-6-7-13(18-8-10)20-15(21)9-4-5-9/h1-3,6-9,19H,4-5H2,(H,18,20,21). The first-order valence-corrected chi connectivity index (χ1v) is 7.37. The van der Waals surface area contributed by atoms with E-state index in [9.17, 15) is 4.79 Å². The minimum atomic E-state index is 0.0392. The molecule has 1 aromatic heterocycles. The molecule has 0 unspecified atom stereocenters. The number of hydrogen-bond acceptors (Lipinski definition) is 3. The highest BCUT2D eigenvalue weighted by Crippen LogP contribution is 2.33. The monoisotopic (exact) mass is 321 g/mol. The first kappa shape index (κ1) is 14.2. The van der Waals surface area contributed by atoms with Crippen LogP contribution in [-0.2, 0) is 4.79 Å². The lowest BCUT2D eigenvalue weighted by Gasteiger charge is -2.10. The summed E-state index contributed by atoms with van der Waals surface area (Å²) in [6.45, 7) is 0. The number of carbonyl (C=O) groups is 1. The van der Waals surface area contributed by atoms with Crippen molar-refractivity contribution < 1.29 is 4.79 Å². The molecule has 1 aliphatic rings. The molecule has 3 rings (SSSR count). The smallest absolute Gasteiger partial charge is 0.228 e. The van der Waals surface area contributed by atoms with Crippen LogP contribution in [0.25, 0.3) is 0 Å². The second-order valence-corrected chi connectivity index (χ2v) is 5.73. The van der Waals surface area contributed by atoms with Gasteiger partial charge in [0, 0.05) is 5.92 Å². The number of para-hydroxylation sites is 1. The molecule has 1 amide bonds. The third-order valence-corrected chi connectivity index (χ3v) is 3.82. The Hall–Kier alpha value is -1.78. The number of hydrogen-bond donors (Lipinski definition) is 2. The van der Waals surface area contributed by atoms with Crippen LogP contribution >= 0.6 is 23.2 Å². The van der Waals surface area contributed by atoms with Gasteiger partial charge in [0.05, 0.1) is 27.6 Å². The number of nitrogens with one attached hydrogen (secondary N) is 2. The van der Waals surface area contributed by atoms with E-state index in [1.165, 1.54) is 0 Å². The molecule has 1 aromatic carbocycles. The fraction of sp³-hybridized carbons (Fsp3) is 0.200. The zero-order valence-electron chi connectivity index (χ0n) is 11.1. The fourth-order valence-corrected chi connectivity index (χ4v) is 2.37. The van der Waals surface area contributed by atoms with E-state index in [-0.39, 0.29) is 11.8 Å². The van der Waals surface area contributed by atoms with Crippen molar-refractivity contribution in [2.45, 2.75) is 12.8 Å². The Morgan fingerprint density at radius 2 is 1.86 bits per heavy atom. The Bertz CT molecular complexity index is 649. The number of pyridine rings is 1. The summed E-state index contributed by atoms with van der Waals surface area (Å²) in [7, 11) is 0. The molecule has 0 saturated heterocycles. The van der Waals surface area contributed by atoms with E-state index < -0.39 is 0 Å². The summed E-state index contributed by atoms with van der Waals surface area (Å²) in [6.07, 6.45) is 3.56. The van der Waals surface area contributed by atoms with Crippen LogP contribution < -0.4 is 10.6 Å².